The number of pyridine rings is 1. The largest absolute Gasteiger partial charge is 0.354 e. The third-order valence-corrected chi connectivity index (χ3v) is 3.89. The van der Waals surface area contributed by atoms with E-state index in [1.165, 1.54) is 0 Å². The fourth-order valence-electron chi connectivity index (χ4n) is 2.24. The van der Waals surface area contributed by atoms with Gasteiger partial charge in [-0.25, -0.2) is 0 Å². The molecule has 0 saturated carbocycles. The van der Waals surface area contributed by atoms with Gasteiger partial charge in [0.15, 0.2) is 0 Å². The molecule has 3 rings (SSSR count). The van der Waals surface area contributed by atoms with E-state index in [2.05, 4.69) is 37.6 Å². The zero-order valence-electron chi connectivity index (χ0n) is 13.0. The van der Waals surface area contributed by atoms with Crippen molar-refractivity contribution in [3.05, 3.63) is 82.6 Å². The van der Waals surface area contributed by atoms with Gasteiger partial charge >= 0.3 is 0 Å². The molecule has 5 nitrogen and oxygen atoms in total. The number of nitriles is 1. The van der Waals surface area contributed by atoms with Gasteiger partial charge in [-0.15, -0.1) is 0 Å². The van der Waals surface area contributed by atoms with Crippen LogP contribution in [-0.2, 0) is 0 Å². The smallest absolute Gasteiger partial charge is 0.274 e. The first kappa shape index (κ1) is 16.7. The molecule has 0 aliphatic heterocycles. The Morgan fingerprint density at radius 2 is 1.88 bits per heavy atom. The normalized spacial score (nSPS) is 9.92. The number of para-hydroxylation sites is 1. The third kappa shape index (κ3) is 4.22. The van der Waals surface area contributed by atoms with Crippen molar-refractivity contribution in [3.8, 4) is 6.07 Å². The van der Waals surface area contributed by atoms with Crippen LogP contribution < -0.4 is 10.6 Å². The number of rotatable bonds is 4. The number of amides is 1. The summed E-state index contributed by atoms with van der Waals surface area (Å²) >= 11 is 3.37. The molecule has 1 aromatic heterocycles. The van der Waals surface area contributed by atoms with Gasteiger partial charge in [0.25, 0.3) is 5.91 Å². The summed E-state index contributed by atoms with van der Waals surface area (Å²) < 4.78 is 0.877. The highest BCUT2D eigenvalue weighted by Crippen LogP contribution is 2.21. The Bertz CT molecular complexity index is 965. The lowest BCUT2D eigenvalue weighted by Gasteiger charge is -2.10. The van der Waals surface area contributed by atoms with Crippen LogP contribution in [0.5, 0.6) is 0 Å². The van der Waals surface area contributed by atoms with Crippen molar-refractivity contribution in [2.75, 3.05) is 10.6 Å². The summed E-state index contributed by atoms with van der Waals surface area (Å²) in [6.07, 6.45) is 1.55. The lowest BCUT2D eigenvalue weighted by molar-refractivity contribution is 0.102. The standard InChI is InChI=1S/C19H13BrN4O/c20-14-5-3-6-15(10-14)24-19(25)18-11-16(8-9-22-18)23-17-7-2-1-4-13(17)12-21/h1-11H,(H,22,23)(H,24,25). The maximum Gasteiger partial charge on any atom is 0.274 e. The maximum atomic E-state index is 12.4. The van der Waals surface area contributed by atoms with Crippen molar-refractivity contribution in [1.82, 2.24) is 4.98 Å². The summed E-state index contributed by atoms with van der Waals surface area (Å²) in [5.41, 5.74) is 2.83. The van der Waals surface area contributed by atoms with Crippen LogP contribution in [0.3, 0.4) is 0 Å². The molecule has 1 heterocycles. The first-order valence-electron chi connectivity index (χ1n) is 7.45. The van der Waals surface area contributed by atoms with Crippen LogP contribution in [-0.4, -0.2) is 10.9 Å². The molecule has 2 N–H and O–H groups in total. The molecule has 122 valence electrons. The molecule has 0 unspecified atom stereocenters. The van der Waals surface area contributed by atoms with Gasteiger partial charge in [-0.05, 0) is 42.5 Å². The number of carbonyl (C=O) groups excluding carboxylic acids is 1. The van der Waals surface area contributed by atoms with E-state index in [9.17, 15) is 4.79 Å². The van der Waals surface area contributed by atoms with Gasteiger partial charge < -0.3 is 10.6 Å². The van der Waals surface area contributed by atoms with Gasteiger partial charge in [-0.1, -0.05) is 34.1 Å². The van der Waals surface area contributed by atoms with Crippen molar-refractivity contribution in [1.29, 1.82) is 5.26 Å². The number of hydrogen-bond acceptors (Lipinski definition) is 4. The maximum absolute atomic E-state index is 12.4. The predicted molar refractivity (Wildman–Crippen MR) is 101 cm³/mol. The monoisotopic (exact) mass is 392 g/mol. The van der Waals surface area contributed by atoms with E-state index in [1.54, 1.807) is 42.6 Å². The number of hydrogen-bond donors (Lipinski definition) is 2. The lowest BCUT2D eigenvalue weighted by Crippen LogP contribution is -2.13. The lowest BCUT2D eigenvalue weighted by atomic mass is 10.2. The Morgan fingerprint density at radius 1 is 1.04 bits per heavy atom. The number of halogens is 1. The van der Waals surface area contributed by atoms with Gasteiger partial charge in [-0.2, -0.15) is 5.26 Å². The second kappa shape index (κ2) is 7.60. The first-order valence-corrected chi connectivity index (χ1v) is 8.24. The fraction of sp³-hybridized carbons (Fsp3) is 0. The number of carbonyl (C=O) groups is 1. The van der Waals surface area contributed by atoms with Crippen molar-refractivity contribution >= 4 is 38.9 Å². The summed E-state index contributed by atoms with van der Waals surface area (Å²) in [7, 11) is 0. The Morgan fingerprint density at radius 3 is 2.68 bits per heavy atom. The molecule has 3 aromatic rings. The highest BCUT2D eigenvalue weighted by atomic mass is 79.9. The fourth-order valence-corrected chi connectivity index (χ4v) is 2.64. The number of anilines is 3. The van der Waals surface area contributed by atoms with Gasteiger partial charge in [0.05, 0.1) is 11.3 Å². The molecule has 0 bridgehead atoms. The zero-order valence-corrected chi connectivity index (χ0v) is 14.6. The van der Waals surface area contributed by atoms with Gasteiger partial charge in [-0.3, -0.25) is 9.78 Å². The highest BCUT2D eigenvalue weighted by molar-refractivity contribution is 9.10. The Hall–Kier alpha value is -3.17. The van der Waals surface area contributed by atoms with Crippen LogP contribution >= 0.6 is 15.9 Å². The van der Waals surface area contributed by atoms with E-state index in [0.717, 1.165) is 4.47 Å². The minimum absolute atomic E-state index is 0.277. The van der Waals surface area contributed by atoms with Crippen molar-refractivity contribution < 1.29 is 4.79 Å². The predicted octanol–water partition coefficient (Wildman–Crippen LogP) is 4.71. The molecule has 0 fully saturated rings. The average molecular weight is 393 g/mol. The van der Waals surface area contributed by atoms with Crippen molar-refractivity contribution in [2.45, 2.75) is 0 Å². The molecule has 0 atom stereocenters. The highest BCUT2D eigenvalue weighted by Gasteiger charge is 2.09. The summed E-state index contributed by atoms with van der Waals surface area (Å²) in [6.45, 7) is 0. The molecule has 0 aliphatic rings. The van der Waals surface area contributed by atoms with Crippen LogP contribution in [0.15, 0.2) is 71.3 Å². The van der Waals surface area contributed by atoms with E-state index >= 15 is 0 Å². The Kier molecular flexibility index (Phi) is 5.07. The minimum atomic E-state index is -0.310. The van der Waals surface area contributed by atoms with Gasteiger partial charge in [0.2, 0.25) is 0 Å². The summed E-state index contributed by atoms with van der Waals surface area (Å²) in [4.78, 5) is 16.5. The quantitative estimate of drug-likeness (QED) is 0.673. The van der Waals surface area contributed by atoms with Crippen LogP contribution in [0.1, 0.15) is 16.1 Å². The summed E-state index contributed by atoms with van der Waals surface area (Å²) in [6, 6.07) is 20.0. The van der Waals surface area contributed by atoms with E-state index in [4.69, 9.17) is 5.26 Å². The van der Waals surface area contributed by atoms with Gasteiger partial charge in [0, 0.05) is 22.0 Å². The third-order valence-electron chi connectivity index (χ3n) is 3.40. The molecular formula is C19H13BrN4O. The molecule has 0 spiro atoms. The molecule has 1 amide bonds. The second-order valence-corrected chi connectivity index (χ2v) is 6.09. The van der Waals surface area contributed by atoms with E-state index in [1.807, 2.05) is 24.3 Å². The van der Waals surface area contributed by atoms with Crippen LogP contribution in [0.2, 0.25) is 0 Å². The van der Waals surface area contributed by atoms with Crippen molar-refractivity contribution in [2.24, 2.45) is 0 Å². The Labute approximate surface area is 153 Å². The van der Waals surface area contributed by atoms with E-state index < -0.39 is 0 Å². The number of nitrogens with one attached hydrogen (secondary N) is 2. The molecule has 0 radical (unpaired) electrons. The molecule has 25 heavy (non-hydrogen) atoms. The van der Waals surface area contributed by atoms with Crippen LogP contribution in [0, 0.1) is 11.3 Å². The van der Waals surface area contributed by atoms with E-state index in [-0.39, 0.29) is 11.6 Å². The summed E-state index contributed by atoms with van der Waals surface area (Å²) in [5, 5.41) is 15.1. The van der Waals surface area contributed by atoms with Crippen LogP contribution in [0.4, 0.5) is 17.1 Å². The molecule has 0 aliphatic carbocycles. The second-order valence-electron chi connectivity index (χ2n) is 5.18. The SMILES string of the molecule is N#Cc1ccccc1Nc1ccnc(C(=O)Nc2cccc(Br)c2)c1. The number of benzene rings is 2. The van der Waals surface area contributed by atoms with Gasteiger partial charge in [0.1, 0.15) is 11.8 Å². The molecule has 0 saturated heterocycles. The number of nitrogens with zero attached hydrogens (tertiary/aromatic N) is 2. The molecular weight excluding hydrogens is 380 g/mol. The first-order chi connectivity index (χ1) is 12.2. The molecule has 2 aromatic carbocycles. The number of aromatic nitrogens is 1. The average Bonchev–Trinajstić information content (AvgIpc) is 2.62. The Balaban J connectivity index is 1.79. The van der Waals surface area contributed by atoms with E-state index in [0.29, 0.717) is 22.6 Å². The van der Waals surface area contributed by atoms with Crippen molar-refractivity contribution in [3.63, 3.8) is 0 Å². The molecule has 6 heteroatoms. The minimum Gasteiger partial charge on any atom is -0.354 e. The zero-order chi connectivity index (χ0) is 17.6. The van der Waals surface area contributed by atoms with Crippen LogP contribution in [0.25, 0.3) is 0 Å². The topological polar surface area (TPSA) is 77.8 Å². The summed E-state index contributed by atoms with van der Waals surface area (Å²) in [5.74, 6) is -0.310.